The van der Waals surface area contributed by atoms with Gasteiger partial charge in [0.25, 0.3) is 0 Å². The molecule has 2 aromatic rings. The van der Waals surface area contributed by atoms with Gasteiger partial charge in [-0.1, -0.05) is 23.7 Å². The van der Waals surface area contributed by atoms with Crippen molar-refractivity contribution in [2.45, 2.75) is 31.7 Å². The lowest BCUT2D eigenvalue weighted by Gasteiger charge is -2.08. The van der Waals surface area contributed by atoms with Crippen LogP contribution in [-0.2, 0) is 23.0 Å². The molecule has 1 aromatic carbocycles. The number of nitrogens with one attached hydrogen (secondary N) is 1. The van der Waals surface area contributed by atoms with E-state index < -0.39 is 15.8 Å². The summed E-state index contributed by atoms with van der Waals surface area (Å²) in [7, 11) is -3.86. The van der Waals surface area contributed by atoms with Crippen molar-refractivity contribution in [2.24, 2.45) is 0 Å². The standard InChI is InChI=1S/C13H14ClFN2O3S/c1-3-9-5-10(20-17-9)7-16-21(18,19)13-4-8(2)12(15)6-11(13)14/h4-6,16H,3,7H2,1-2H3. The maximum absolute atomic E-state index is 13.3. The number of benzene rings is 1. The lowest BCUT2D eigenvalue weighted by atomic mass is 10.2. The predicted molar refractivity (Wildman–Crippen MR) is 76.1 cm³/mol. The first-order valence-corrected chi connectivity index (χ1v) is 8.09. The summed E-state index contributed by atoms with van der Waals surface area (Å²) in [6.07, 6.45) is 0.694. The Morgan fingerprint density at radius 3 is 2.71 bits per heavy atom. The third kappa shape index (κ3) is 3.61. The molecule has 0 aliphatic heterocycles. The highest BCUT2D eigenvalue weighted by atomic mass is 35.5. The van der Waals surface area contributed by atoms with Crippen molar-refractivity contribution in [2.75, 3.05) is 0 Å². The van der Waals surface area contributed by atoms with Gasteiger partial charge < -0.3 is 4.52 Å². The Morgan fingerprint density at radius 1 is 1.38 bits per heavy atom. The Labute approximate surface area is 127 Å². The zero-order valence-corrected chi connectivity index (χ0v) is 13.1. The molecular formula is C13H14ClFN2O3S. The van der Waals surface area contributed by atoms with Gasteiger partial charge in [-0.3, -0.25) is 0 Å². The van der Waals surface area contributed by atoms with Gasteiger partial charge in [0.15, 0.2) is 5.76 Å². The lowest BCUT2D eigenvalue weighted by molar-refractivity contribution is 0.375. The fourth-order valence-electron chi connectivity index (χ4n) is 1.69. The van der Waals surface area contributed by atoms with Crippen LogP contribution in [0.2, 0.25) is 5.02 Å². The Balaban J connectivity index is 2.20. The topological polar surface area (TPSA) is 72.2 Å². The van der Waals surface area contributed by atoms with Gasteiger partial charge in [-0.15, -0.1) is 0 Å². The Morgan fingerprint density at radius 2 is 2.10 bits per heavy atom. The molecule has 0 fully saturated rings. The summed E-state index contributed by atoms with van der Waals surface area (Å²) in [6, 6.07) is 3.84. The Hall–Kier alpha value is -1.44. The molecule has 1 heterocycles. The van der Waals surface area contributed by atoms with E-state index in [1.165, 1.54) is 13.0 Å². The van der Waals surface area contributed by atoms with Gasteiger partial charge in [-0.05, 0) is 31.0 Å². The molecule has 1 aromatic heterocycles. The van der Waals surface area contributed by atoms with Crippen LogP contribution in [0, 0.1) is 12.7 Å². The minimum Gasteiger partial charge on any atom is -0.360 e. The highest BCUT2D eigenvalue weighted by molar-refractivity contribution is 7.89. The summed E-state index contributed by atoms with van der Waals surface area (Å²) < 4.78 is 45.0. The first-order chi connectivity index (χ1) is 9.83. The van der Waals surface area contributed by atoms with Gasteiger partial charge in [0.2, 0.25) is 10.0 Å². The molecule has 0 radical (unpaired) electrons. The Kier molecular flexibility index (Phi) is 4.65. The van der Waals surface area contributed by atoms with Crippen molar-refractivity contribution >= 4 is 21.6 Å². The zero-order valence-electron chi connectivity index (χ0n) is 11.5. The van der Waals surface area contributed by atoms with E-state index in [2.05, 4.69) is 9.88 Å². The van der Waals surface area contributed by atoms with Crippen LogP contribution in [-0.4, -0.2) is 13.6 Å². The molecule has 8 heteroatoms. The molecule has 0 saturated heterocycles. The van der Waals surface area contributed by atoms with Crippen molar-refractivity contribution < 1.29 is 17.3 Å². The summed E-state index contributed by atoms with van der Waals surface area (Å²) in [5, 5.41) is 3.60. The smallest absolute Gasteiger partial charge is 0.242 e. The van der Waals surface area contributed by atoms with Gasteiger partial charge in [0.1, 0.15) is 10.7 Å². The third-order valence-electron chi connectivity index (χ3n) is 2.91. The van der Waals surface area contributed by atoms with E-state index in [1.54, 1.807) is 6.07 Å². The molecule has 0 spiro atoms. The summed E-state index contributed by atoms with van der Waals surface area (Å²) in [4.78, 5) is -0.168. The van der Waals surface area contributed by atoms with Gasteiger partial charge in [-0.2, -0.15) is 0 Å². The number of aryl methyl sites for hydroxylation is 2. The molecule has 0 saturated carbocycles. The summed E-state index contributed by atoms with van der Waals surface area (Å²) in [6.45, 7) is 3.32. The van der Waals surface area contributed by atoms with E-state index in [1.807, 2.05) is 6.92 Å². The van der Waals surface area contributed by atoms with Crippen LogP contribution in [0.15, 0.2) is 27.6 Å². The van der Waals surface area contributed by atoms with E-state index in [9.17, 15) is 12.8 Å². The van der Waals surface area contributed by atoms with Crippen LogP contribution in [0.4, 0.5) is 4.39 Å². The van der Waals surface area contributed by atoms with Crippen molar-refractivity contribution in [1.29, 1.82) is 0 Å². The monoisotopic (exact) mass is 332 g/mol. The van der Waals surface area contributed by atoms with Gasteiger partial charge in [0.05, 0.1) is 17.3 Å². The highest BCUT2D eigenvalue weighted by Crippen LogP contribution is 2.24. The first-order valence-electron chi connectivity index (χ1n) is 6.23. The lowest BCUT2D eigenvalue weighted by Crippen LogP contribution is -2.23. The van der Waals surface area contributed by atoms with Crippen LogP contribution in [0.5, 0.6) is 0 Å². The molecule has 0 atom stereocenters. The van der Waals surface area contributed by atoms with Crippen LogP contribution >= 0.6 is 11.6 Å². The normalized spacial score (nSPS) is 11.8. The number of hydrogen-bond acceptors (Lipinski definition) is 4. The number of rotatable bonds is 5. The molecule has 21 heavy (non-hydrogen) atoms. The first kappa shape index (κ1) is 15.9. The minimum absolute atomic E-state index is 0.0535. The number of sulfonamides is 1. The number of aromatic nitrogens is 1. The molecule has 1 N–H and O–H groups in total. The van der Waals surface area contributed by atoms with E-state index >= 15 is 0 Å². The summed E-state index contributed by atoms with van der Waals surface area (Å²) in [5.41, 5.74) is 0.938. The van der Waals surface area contributed by atoms with E-state index in [-0.39, 0.29) is 22.0 Å². The molecule has 2 rings (SSSR count). The molecule has 5 nitrogen and oxygen atoms in total. The summed E-state index contributed by atoms with van der Waals surface area (Å²) >= 11 is 5.80. The molecule has 0 amide bonds. The van der Waals surface area contributed by atoms with Crippen LogP contribution in [0.25, 0.3) is 0 Å². The largest absolute Gasteiger partial charge is 0.360 e. The van der Waals surface area contributed by atoms with Crippen molar-refractivity contribution in [3.63, 3.8) is 0 Å². The third-order valence-corrected chi connectivity index (χ3v) is 4.78. The maximum Gasteiger partial charge on any atom is 0.242 e. The molecule has 0 aliphatic rings. The fraction of sp³-hybridized carbons (Fsp3) is 0.308. The SMILES string of the molecule is CCc1cc(CNS(=O)(=O)c2cc(C)c(F)cc2Cl)on1. The van der Waals surface area contributed by atoms with Gasteiger partial charge >= 0.3 is 0 Å². The van der Waals surface area contributed by atoms with E-state index in [0.29, 0.717) is 12.2 Å². The zero-order chi connectivity index (χ0) is 15.6. The number of nitrogens with zero attached hydrogens (tertiary/aromatic N) is 1. The molecule has 114 valence electrons. The van der Waals surface area contributed by atoms with Crippen LogP contribution in [0.3, 0.4) is 0 Å². The van der Waals surface area contributed by atoms with Crippen molar-refractivity contribution in [1.82, 2.24) is 9.88 Å². The van der Waals surface area contributed by atoms with Crippen molar-refractivity contribution in [3.05, 3.63) is 46.1 Å². The second-order valence-corrected chi connectivity index (χ2v) is 6.64. The minimum atomic E-state index is -3.86. The summed E-state index contributed by atoms with van der Waals surface area (Å²) in [5.74, 6) is -0.160. The quantitative estimate of drug-likeness (QED) is 0.913. The second-order valence-electron chi connectivity index (χ2n) is 4.49. The van der Waals surface area contributed by atoms with E-state index in [4.69, 9.17) is 16.1 Å². The molecule has 0 bridgehead atoms. The Bertz CT molecular complexity index is 759. The maximum atomic E-state index is 13.3. The number of halogens is 2. The molecular weight excluding hydrogens is 319 g/mol. The molecule has 0 aliphatic carbocycles. The number of hydrogen-bond donors (Lipinski definition) is 1. The average molecular weight is 333 g/mol. The highest BCUT2D eigenvalue weighted by Gasteiger charge is 2.20. The van der Waals surface area contributed by atoms with Gasteiger partial charge in [0, 0.05) is 6.07 Å². The van der Waals surface area contributed by atoms with Crippen molar-refractivity contribution in [3.8, 4) is 0 Å². The average Bonchev–Trinajstić information content (AvgIpc) is 2.88. The predicted octanol–water partition coefficient (Wildman–Crippen LogP) is 2.82. The fourth-order valence-corrected chi connectivity index (χ4v) is 3.28. The van der Waals surface area contributed by atoms with Crippen LogP contribution in [0.1, 0.15) is 23.9 Å². The van der Waals surface area contributed by atoms with Gasteiger partial charge in [-0.25, -0.2) is 17.5 Å². The van der Waals surface area contributed by atoms with E-state index in [0.717, 1.165) is 11.8 Å². The molecule has 0 unspecified atom stereocenters. The second kappa shape index (κ2) is 6.13. The van der Waals surface area contributed by atoms with Crippen LogP contribution < -0.4 is 4.72 Å².